The molecule has 8 nitrogen and oxygen atoms in total. The molecular weight excluding hydrogens is 404 g/mol. The van der Waals surface area contributed by atoms with Crippen LogP contribution in [0.2, 0.25) is 0 Å². The van der Waals surface area contributed by atoms with Gasteiger partial charge in [-0.1, -0.05) is 19.9 Å². The first kappa shape index (κ1) is 21.9. The summed E-state index contributed by atoms with van der Waals surface area (Å²) in [5.41, 5.74) is 1.42. The number of sulfonamides is 1. The topological polar surface area (TPSA) is 99.7 Å². The molecule has 2 heterocycles. The van der Waals surface area contributed by atoms with Gasteiger partial charge in [0.05, 0.1) is 10.8 Å². The Morgan fingerprint density at radius 1 is 1.20 bits per heavy atom. The number of nitrogens with one attached hydrogen (secondary N) is 1. The molecule has 0 bridgehead atoms. The number of carbonyl (C=O) groups is 2. The Bertz CT molecular complexity index is 1030. The summed E-state index contributed by atoms with van der Waals surface area (Å²) in [5, 5.41) is 2.79. The van der Waals surface area contributed by atoms with Crippen molar-refractivity contribution >= 4 is 33.3 Å². The summed E-state index contributed by atoms with van der Waals surface area (Å²) >= 11 is 0. The van der Waals surface area contributed by atoms with Gasteiger partial charge in [-0.2, -0.15) is 4.31 Å². The molecule has 0 unspecified atom stereocenters. The summed E-state index contributed by atoms with van der Waals surface area (Å²) in [6.45, 7) is 6.43. The van der Waals surface area contributed by atoms with Gasteiger partial charge in [-0.25, -0.2) is 13.4 Å². The van der Waals surface area contributed by atoms with Crippen LogP contribution in [0.15, 0.2) is 47.5 Å². The van der Waals surface area contributed by atoms with Crippen molar-refractivity contribution in [3.05, 3.63) is 48.2 Å². The van der Waals surface area contributed by atoms with Gasteiger partial charge in [0.1, 0.15) is 5.82 Å². The number of hydrogen-bond donors (Lipinski definition) is 1. The zero-order chi connectivity index (χ0) is 21.9. The molecular formula is C21H26N4O4S. The summed E-state index contributed by atoms with van der Waals surface area (Å²) in [5.74, 6) is -0.446. The lowest BCUT2D eigenvalue weighted by Crippen LogP contribution is -2.31. The molecule has 30 heavy (non-hydrogen) atoms. The third kappa shape index (κ3) is 4.36. The van der Waals surface area contributed by atoms with Crippen molar-refractivity contribution in [2.75, 3.05) is 29.9 Å². The molecule has 160 valence electrons. The number of amides is 2. The van der Waals surface area contributed by atoms with E-state index in [4.69, 9.17) is 0 Å². The van der Waals surface area contributed by atoms with E-state index in [0.29, 0.717) is 24.6 Å². The van der Waals surface area contributed by atoms with Crippen LogP contribution in [0.25, 0.3) is 0 Å². The first-order valence-corrected chi connectivity index (χ1v) is 11.3. The van der Waals surface area contributed by atoms with E-state index in [1.54, 1.807) is 38.2 Å². The standard InChI is InChI=1S/C21H26N4O4S/c1-4-24(5-2)30(28,29)18-10-8-17(9-11-18)25-14-16(13-19(25)26)21(27)23-20-15(3)7-6-12-22-20/h6-12,16H,4-5,13-14H2,1-3H3,(H,22,23,27)/t16-/m0/s1. The van der Waals surface area contributed by atoms with Crippen LogP contribution in [0, 0.1) is 12.8 Å². The van der Waals surface area contributed by atoms with Gasteiger partial charge in [0.25, 0.3) is 0 Å². The lowest BCUT2D eigenvalue weighted by Gasteiger charge is -2.20. The van der Waals surface area contributed by atoms with Crippen LogP contribution in [0.1, 0.15) is 25.8 Å². The Labute approximate surface area is 177 Å². The minimum Gasteiger partial charge on any atom is -0.312 e. The number of pyridine rings is 1. The largest absolute Gasteiger partial charge is 0.312 e. The van der Waals surface area contributed by atoms with Gasteiger partial charge in [0.15, 0.2) is 0 Å². The number of anilines is 2. The average molecular weight is 431 g/mol. The van der Waals surface area contributed by atoms with Crippen LogP contribution in [0.5, 0.6) is 0 Å². The zero-order valence-corrected chi connectivity index (χ0v) is 18.1. The summed E-state index contributed by atoms with van der Waals surface area (Å²) in [6, 6.07) is 9.86. The van der Waals surface area contributed by atoms with E-state index in [-0.39, 0.29) is 29.7 Å². The third-order valence-electron chi connectivity index (χ3n) is 5.24. The van der Waals surface area contributed by atoms with Crippen LogP contribution in [-0.2, 0) is 19.6 Å². The first-order valence-electron chi connectivity index (χ1n) is 9.91. The Hall–Kier alpha value is -2.78. The van der Waals surface area contributed by atoms with E-state index in [2.05, 4.69) is 10.3 Å². The maximum absolute atomic E-state index is 12.6. The maximum atomic E-state index is 12.6. The molecule has 0 aliphatic carbocycles. The molecule has 9 heteroatoms. The summed E-state index contributed by atoms with van der Waals surface area (Å²) in [6.07, 6.45) is 1.69. The van der Waals surface area contributed by atoms with E-state index < -0.39 is 15.9 Å². The second-order valence-corrected chi connectivity index (χ2v) is 9.08. The van der Waals surface area contributed by atoms with E-state index in [1.807, 2.05) is 13.0 Å². The number of aryl methyl sites for hydroxylation is 1. The fraction of sp³-hybridized carbons (Fsp3) is 0.381. The summed E-state index contributed by atoms with van der Waals surface area (Å²) < 4.78 is 26.6. The number of carbonyl (C=O) groups excluding carboxylic acids is 2. The highest BCUT2D eigenvalue weighted by Gasteiger charge is 2.35. The van der Waals surface area contributed by atoms with Crippen LogP contribution in [-0.4, -0.2) is 49.2 Å². The van der Waals surface area contributed by atoms with Gasteiger partial charge in [-0.05, 0) is 42.8 Å². The molecule has 2 amide bonds. The lowest BCUT2D eigenvalue weighted by atomic mass is 10.1. The van der Waals surface area contributed by atoms with Gasteiger partial charge >= 0.3 is 0 Å². The molecule has 1 aromatic heterocycles. The number of rotatable bonds is 7. The molecule has 2 aromatic rings. The minimum atomic E-state index is -3.56. The molecule has 1 aliphatic heterocycles. The van der Waals surface area contributed by atoms with Crippen molar-refractivity contribution in [2.45, 2.75) is 32.1 Å². The van der Waals surface area contributed by atoms with E-state index in [0.717, 1.165) is 5.56 Å². The molecule has 3 rings (SSSR count). The van der Waals surface area contributed by atoms with Crippen LogP contribution in [0.4, 0.5) is 11.5 Å². The van der Waals surface area contributed by atoms with Gasteiger partial charge in [-0.15, -0.1) is 0 Å². The fourth-order valence-electron chi connectivity index (χ4n) is 3.48. The molecule has 1 atom stereocenters. The Morgan fingerprint density at radius 3 is 2.47 bits per heavy atom. The Morgan fingerprint density at radius 2 is 1.87 bits per heavy atom. The molecule has 0 saturated carbocycles. The number of aromatic nitrogens is 1. The molecule has 0 radical (unpaired) electrons. The van der Waals surface area contributed by atoms with Gasteiger partial charge in [0.2, 0.25) is 21.8 Å². The predicted octanol–water partition coefficient (Wildman–Crippen LogP) is 2.41. The maximum Gasteiger partial charge on any atom is 0.243 e. The predicted molar refractivity (Wildman–Crippen MR) is 115 cm³/mol. The van der Waals surface area contributed by atoms with Crippen LogP contribution < -0.4 is 10.2 Å². The highest BCUT2D eigenvalue weighted by atomic mass is 32.2. The number of hydrogen-bond acceptors (Lipinski definition) is 5. The van der Waals surface area contributed by atoms with Gasteiger partial charge < -0.3 is 10.2 Å². The van der Waals surface area contributed by atoms with Crippen LogP contribution in [0.3, 0.4) is 0 Å². The molecule has 1 N–H and O–H groups in total. The Balaban J connectivity index is 1.72. The van der Waals surface area contributed by atoms with Crippen LogP contribution >= 0.6 is 0 Å². The molecule has 1 aromatic carbocycles. The van der Waals surface area contributed by atoms with Gasteiger partial charge in [0, 0.05) is 37.9 Å². The highest BCUT2D eigenvalue weighted by molar-refractivity contribution is 7.89. The number of benzene rings is 1. The summed E-state index contributed by atoms with van der Waals surface area (Å²) in [4.78, 5) is 31.0. The monoisotopic (exact) mass is 430 g/mol. The van der Waals surface area contributed by atoms with Crippen molar-refractivity contribution < 1.29 is 18.0 Å². The van der Waals surface area contributed by atoms with Crippen molar-refractivity contribution in [1.82, 2.24) is 9.29 Å². The van der Waals surface area contributed by atoms with Crippen molar-refractivity contribution in [3.8, 4) is 0 Å². The second kappa shape index (κ2) is 8.93. The average Bonchev–Trinajstić information content (AvgIpc) is 3.12. The fourth-order valence-corrected chi connectivity index (χ4v) is 4.94. The second-order valence-electron chi connectivity index (χ2n) is 7.15. The molecule has 1 saturated heterocycles. The van der Waals surface area contributed by atoms with Gasteiger partial charge in [-0.3, -0.25) is 9.59 Å². The van der Waals surface area contributed by atoms with E-state index in [9.17, 15) is 18.0 Å². The zero-order valence-electron chi connectivity index (χ0n) is 17.3. The first-order chi connectivity index (χ1) is 14.3. The third-order valence-corrected chi connectivity index (χ3v) is 7.30. The minimum absolute atomic E-state index is 0.0945. The van der Waals surface area contributed by atoms with Crippen molar-refractivity contribution in [1.29, 1.82) is 0 Å². The quantitative estimate of drug-likeness (QED) is 0.727. The Kier molecular flexibility index (Phi) is 6.52. The molecule has 1 fully saturated rings. The highest BCUT2D eigenvalue weighted by Crippen LogP contribution is 2.28. The van der Waals surface area contributed by atoms with Crippen molar-refractivity contribution in [2.24, 2.45) is 5.92 Å². The number of nitrogens with zero attached hydrogens (tertiary/aromatic N) is 3. The summed E-state index contributed by atoms with van der Waals surface area (Å²) in [7, 11) is -3.56. The van der Waals surface area contributed by atoms with Crippen molar-refractivity contribution in [3.63, 3.8) is 0 Å². The SMILES string of the molecule is CCN(CC)S(=O)(=O)c1ccc(N2C[C@@H](C(=O)Nc3ncccc3C)CC2=O)cc1. The molecule has 1 aliphatic rings. The smallest absolute Gasteiger partial charge is 0.243 e. The van der Waals surface area contributed by atoms with E-state index >= 15 is 0 Å². The molecule has 0 spiro atoms. The normalized spacial score (nSPS) is 16.9. The van der Waals surface area contributed by atoms with E-state index in [1.165, 1.54) is 21.3 Å². The lowest BCUT2D eigenvalue weighted by molar-refractivity contribution is -0.122.